The predicted molar refractivity (Wildman–Crippen MR) is 87.9 cm³/mol. The topological polar surface area (TPSA) is 87.3 Å². The molecule has 0 spiro atoms. The lowest BCUT2D eigenvalue weighted by Crippen LogP contribution is -2.32. The number of nitrogens with two attached hydrogens (primary N) is 1. The van der Waals surface area contributed by atoms with Crippen molar-refractivity contribution in [2.24, 2.45) is 5.73 Å². The largest absolute Gasteiger partial charge is 0.474 e. The zero-order valence-electron chi connectivity index (χ0n) is 12.8. The molecule has 6 nitrogen and oxygen atoms in total. The minimum absolute atomic E-state index is 0. The first-order valence-electron chi connectivity index (χ1n) is 7.14. The molecule has 0 amide bonds. The Bertz CT molecular complexity index is 496. The van der Waals surface area contributed by atoms with Gasteiger partial charge in [-0.2, -0.15) is 4.98 Å². The quantitative estimate of drug-likeness (QED) is 0.497. The number of thioether (sulfide) groups is 1. The molecule has 1 fully saturated rings. The van der Waals surface area contributed by atoms with Gasteiger partial charge in [0.05, 0.1) is 6.61 Å². The van der Waals surface area contributed by atoms with Gasteiger partial charge < -0.3 is 15.2 Å². The summed E-state index contributed by atoms with van der Waals surface area (Å²) in [5.74, 6) is -0.138. The fourth-order valence-corrected chi connectivity index (χ4v) is 2.58. The van der Waals surface area contributed by atoms with E-state index >= 15 is 0 Å². The fourth-order valence-electron chi connectivity index (χ4n) is 2.25. The van der Waals surface area contributed by atoms with E-state index in [-0.39, 0.29) is 30.1 Å². The third-order valence-corrected chi connectivity index (χ3v) is 3.97. The minimum atomic E-state index is -0.451. The summed E-state index contributed by atoms with van der Waals surface area (Å²) < 4.78 is 10.9. The van der Waals surface area contributed by atoms with E-state index in [0.29, 0.717) is 17.6 Å². The minimum Gasteiger partial charge on any atom is -0.474 e. The Morgan fingerprint density at radius 3 is 2.68 bits per heavy atom. The van der Waals surface area contributed by atoms with Gasteiger partial charge in [0.1, 0.15) is 11.7 Å². The molecule has 0 aromatic carbocycles. The molecule has 2 rings (SSSR count). The van der Waals surface area contributed by atoms with Crippen molar-refractivity contribution in [2.75, 3.05) is 12.9 Å². The number of aromatic nitrogens is 2. The molecule has 1 aliphatic rings. The molecule has 0 unspecified atom stereocenters. The predicted octanol–water partition coefficient (Wildman–Crippen LogP) is 2.45. The molecule has 0 aliphatic heterocycles. The van der Waals surface area contributed by atoms with Gasteiger partial charge in [0.15, 0.2) is 5.16 Å². The highest BCUT2D eigenvalue weighted by Crippen LogP contribution is 2.26. The summed E-state index contributed by atoms with van der Waals surface area (Å²) in [5.41, 5.74) is 6.18. The van der Waals surface area contributed by atoms with Gasteiger partial charge in [-0.1, -0.05) is 11.8 Å². The number of carbonyl (C=O) groups excluding carboxylic acids is 1. The lowest BCUT2D eigenvalue weighted by Gasteiger charge is -2.26. The average molecular weight is 348 g/mol. The van der Waals surface area contributed by atoms with Crippen LogP contribution < -0.4 is 10.5 Å². The summed E-state index contributed by atoms with van der Waals surface area (Å²) in [6.45, 7) is 2.07. The third-order valence-electron chi connectivity index (χ3n) is 3.41. The van der Waals surface area contributed by atoms with E-state index in [9.17, 15) is 4.79 Å². The van der Waals surface area contributed by atoms with E-state index in [1.54, 1.807) is 6.92 Å². The van der Waals surface area contributed by atoms with Gasteiger partial charge in [-0.25, -0.2) is 9.78 Å². The van der Waals surface area contributed by atoms with Gasteiger partial charge in [0.25, 0.3) is 0 Å². The number of carbonyl (C=O) groups is 1. The average Bonchev–Trinajstić information content (AvgIpc) is 2.49. The number of nitrogens with zero attached hydrogens (tertiary/aromatic N) is 2. The van der Waals surface area contributed by atoms with Crippen LogP contribution in [0.4, 0.5) is 0 Å². The van der Waals surface area contributed by atoms with Crippen LogP contribution in [0.15, 0.2) is 11.4 Å². The van der Waals surface area contributed by atoms with Crippen LogP contribution in [0.3, 0.4) is 0 Å². The van der Waals surface area contributed by atoms with Crippen molar-refractivity contribution >= 4 is 30.1 Å². The normalized spacial score (nSPS) is 20.9. The zero-order chi connectivity index (χ0) is 15.2. The SMILES string of the molecule is CCOC(=O)c1cnc(SC)nc1O[C@H]1CC[C@H](N)CC1.Cl. The first kappa shape index (κ1) is 19.0. The highest BCUT2D eigenvalue weighted by atomic mass is 35.5. The molecule has 0 bridgehead atoms. The van der Waals surface area contributed by atoms with Crippen molar-refractivity contribution in [3.8, 4) is 5.88 Å². The summed E-state index contributed by atoms with van der Waals surface area (Å²) >= 11 is 1.40. The van der Waals surface area contributed by atoms with Crippen molar-refractivity contribution in [1.29, 1.82) is 0 Å². The van der Waals surface area contributed by atoms with Crippen molar-refractivity contribution in [2.45, 2.75) is 49.9 Å². The van der Waals surface area contributed by atoms with Crippen molar-refractivity contribution in [3.05, 3.63) is 11.8 Å². The number of hydrogen-bond donors (Lipinski definition) is 1. The maximum Gasteiger partial charge on any atom is 0.345 e. The Kier molecular flexibility index (Phi) is 7.92. The van der Waals surface area contributed by atoms with E-state index < -0.39 is 5.97 Å². The van der Waals surface area contributed by atoms with Gasteiger partial charge in [-0.3, -0.25) is 0 Å². The van der Waals surface area contributed by atoms with Crippen LogP contribution in [0, 0.1) is 0 Å². The van der Waals surface area contributed by atoms with Crippen LogP contribution in [0.5, 0.6) is 5.88 Å². The Morgan fingerprint density at radius 2 is 2.09 bits per heavy atom. The van der Waals surface area contributed by atoms with Crippen LogP contribution in [0.2, 0.25) is 0 Å². The smallest absolute Gasteiger partial charge is 0.345 e. The fraction of sp³-hybridized carbons (Fsp3) is 0.643. The molecule has 1 aromatic heterocycles. The second kappa shape index (κ2) is 9.17. The van der Waals surface area contributed by atoms with Gasteiger partial charge in [0, 0.05) is 12.2 Å². The number of hydrogen-bond acceptors (Lipinski definition) is 7. The molecule has 22 heavy (non-hydrogen) atoms. The molecule has 2 N–H and O–H groups in total. The molecule has 1 heterocycles. The maximum atomic E-state index is 11.9. The molecular formula is C14H22ClN3O3S. The standard InChI is InChI=1S/C14H21N3O3S.ClH/c1-3-19-13(18)11-8-16-14(21-2)17-12(11)20-10-6-4-9(15)5-7-10;/h8-10H,3-7,15H2,1-2H3;1H/t9-,10-;. The zero-order valence-corrected chi connectivity index (χ0v) is 14.4. The van der Waals surface area contributed by atoms with E-state index in [1.165, 1.54) is 18.0 Å². The maximum absolute atomic E-state index is 11.9. The summed E-state index contributed by atoms with van der Waals surface area (Å²) in [5, 5.41) is 0.575. The molecule has 8 heteroatoms. The van der Waals surface area contributed by atoms with Gasteiger partial charge >= 0.3 is 5.97 Å². The van der Waals surface area contributed by atoms with Crippen LogP contribution in [-0.4, -0.2) is 40.9 Å². The van der Waals surface area contributed by atoms with E-state index in [0.717, 1.165) is 25.7 Å². The lowest BCUT2D eigenvalue weighted by molar-refractivity contribution is 0.0512. The Morgan fingerprint density at radius 1 is 1.41 bits per heavy atom. The highest BCUT2D eigenvalue weighted by molar-refractivity contribution is 7.98. The van der Waals surface area contributed by atoms with E-state index in [4.69, 9.17) is 15.2 Å². The van der Waals surface area contributed by atoms with E-state index in [1.807, 2.05) is 6.26 Å². The van der Waals surface area contributed by atoms with Crippen LogP contribution in [0.1, 0.15) is 43.0 Å². The lowest BCUT2D eigenvalue weighted by atomic mass is 9.94. The monoisotopic (exact) mass is 347 g/mol. The summed E-state index contributed by atoms with van der Waals surface area (Å²) in [7, 11) is 0. The molecule has 124 valence electrons. The molecule has 1 aliphatic carbocycles. The Hall–Kier alpha value is -1.05. The Balaban J connectivity index is 0.00000242. The molecule has 0 radical (unpaired) electrons. The molecular weight excluding hydrogens is 326 g/mol. The number of ether oxygens (including phenoxy) is 2. The molecule has 1 saturated carbocycles. The van der Waals surface area contributed by atoms with Crippen LogP contribution >= 0.6 is 24.2 Å². The number of halogens is 1. The number of rotatable bonds is 5. The summed E-state index contributed by atoms with van der Waals surface area (Å²) in [4.78, 5) is 20.4. The molecule has 0 atom stereocenters. The highest BCUT2D eigenvalue weighted by Gasteiger charge is 2.24. The van der Waals surface area contributed by atoms with Gasteiger partial charge in [-0.05, 0) is 38.9 Å². The Labute approximate surface area is 141 Å². The van der Waals surface area contributed by atoms with Crippen LogP contribution in [0.25, 0.3) is 0 Å². The second-order valence-electron chi connectivity index (χ2n) is 4.95. The summed E-state index contributed by atoms with van der Waals surface area (Å²) in [6, 6.07) is 0.251. The molecule has 1 aromatic rings. The van der Waals surface area contributed by atoms with Crippen molar-refractivity contribution in [1.82, 2.24) is 9.97 Å². The van der Waals surface area contributed by atoms with Crippen molar-refractivity contribution in [3.63, 3.8) is 0 Å². The first-order valence-corrected chi connectivity index (χ1v) is 8.36. The van der Waals surface area contributed by atoms with E-state index in [2.05, 4.69) is 9.97 Å². The number of esters is 1. The van der Waals surface area contributed by atoms with Gasteiger partial charge in [0.2, 0.25) is 5.88 Å². The molecule has 0 saturated heterocycles. The third kappa shape index (κ3) is 5.00. The van der Waals surface area contributed by atoms with Crippen molar-refractivity contribution < 1.29 is 14.3 Å². The van der Waals surface area contributed by atoms with Crippen LogP contribution in [-0.2, 0) is 4.74 Å². The summed E-state index contributed by atoms with van der Waals surface area (Å²) in [6.07, 6.45) is 7.01. The first-order chi connectivity index (χ1) is 10.1. The van der Waals surface area contributed by atoms with Gasteiger partial charge in [-0.15, -0.1) is 12.4 Å². The second-order valence-corrected chi connectivity index (χ2v) is 5.72.